The van der Waals surface area contributed by atoms with E-state index in [2.05, 4.69) is 29.0 Å². The zero-order valence-electron chi connectivity index (χ0n) is 15.8. The first-order chi connectivity index (χ1) is 13.2. The molecule has 1 fully saturated rings. The Kier molecular flexibility index (Phi) is 4.94. The predicted molar refractivity (Wildman–Crippen MR) is 107 cm³/mol. The standard InChI is InChI=1S/C22H25N3O2/c1-3-25(4-2)20(15-8-6-5-7-9-15)21(26)23-17-12-13-19-18(14-17)24-22(27-19)16-10-11-16/h5-9,12-14,16,20H,3-4,10-11H2,1-2H3,(H,23,26). The number of carbonyl (C=O) groups is 1. The van der Waals surface area contributed by atoms with Gasteiger partial charge in [-0.2, -0.15) is 0 Å². The molecule has 1 aromatic heterocycles. The van der Waals surface area contributed by atoms with Crippen LogP contribution in [0.25, 0.3) is 11.1 Å². The molecule has 2 aromatic carbocycles. The first kappa shape index (κ1) is 17.7. The van der Waals surface area contributed by atoms with E-state index in [0.29, 0.717) is 5.92 Å². The molecule has 1 aliphatic carbocycles. The number of hydrogen-bond donors (Lipinski definition) is 1. The molecule has 1 atom stereocenters. The lowest BCUT2D eigenvalue weighted by Gasteiger charge is -2.29. The normalized spacial score (nSPS) is 15.2. The van der Waals surface area contributed by atoms with Gasteiger partial charge < -0.3 is 9.73 Å². The molecule has 1 N–H and O–H groups in total. The van der Waals surface area contributed by atoms with Crippen molar-refractivity contribution >= 4 is 22.7 Å². The van der Waals surface area contributed by atoms with Gasteiger partial charge in [0.2, 0.25) is 5.91 Å². The minimum absolute atomic E-state index is 0.0323. The van der Waals surface area contributed by atoms with Gasteiger partial charge in [-0.3, -0.25) is 9.69 Å². The molecule has 1 saturated carbocycles. The molecule has 0 bridgehead atoms. The van der Waals surface area contributed by atoms with Crippen LogP contribution in [0.1, 0.15) is 50.1 Å². The molecule has 3 aromatic rings. The van der Waals surface area contributed by atoms with E-state index in [1.165, 1.54) is 0 Å². The molecule has 1 aliphatic rings. The van der Waals surface area contributed by atoms with Gasteiger partial charge in [0, 0.05) is 11.6 Å². The predicted octanol–water partition coefficient (Wildman–Crippen LogP) is 4.73. The molecule has 0 radical (unpaired) electrons. The Balaban J connectivity index is 1.59. The van der Waals surface area contributed by atoms with Gasteiger partial charge in [-0.25, -0.2) is 4.98 Å². The van der Waals surface area contributed by atoms with Crippen molar-refractivity contribution in [1.82, 2.24) is 9.88 Å². The third-order valence-electron chi connectivity index (χ3n) is 5.14. The van der Waals surface area contributed by atoms with Crippen LogP contribution in [-0.4, -0.2) is 28.9 Å². The van der Waals surface area contributed by atoms with Crippen LogP contribution < -0.4 is 5.32 Å². The van der Waals surface area contributed by atoms with Crippen LogP contribution in [-0.2, 0) is 4.79 Å². The fraction of sp³-hybridized carbons (Fsp3) is 0.364. The molecule has 140 valence electrons. The molecular weight excluding hydrogens is 338 g/mol. The van der Waals surface area contributed by atoms with Crippen LogP contribution in [0.3, 0.4) is 0 Å². The lowest BCUT2D eigenvalue weighted by Crippen LogP contribution is -2.37. The zero-order valence-corrected chi connectivity index (χ0v) is 15.8. The van der Waals surface area contributed by atoms with Gasteiger partial charge in [0.25, 0.3) is 0 Å². The van der Waals surface area contributed by atoms with Crippen molar-refractivity contribution < 1.29 is 9.21 Å². The fourth-order valence-corrected chi connectivity index (χ4v) is 3.49. The first-order valence-corrected chi connectivity index (χ1v) is 9.70. The molecule has 5 heteroatoms. The summed E-state index contributed by atoms with van der Waals surface area (Å²) in [5, 5.41) is 3.07. The largest absolute Gasteiger partial charge is 0.440 e. The second kappa shape index (κ2) is 7.53. The smallest absolute Gasteiger partial charge is 0.246 e. The molecule has 4 rings (SSSR count). The highest BCUT2D eigenvalue weighted by molar-refractivity contribution is 5.96. The van der Waals surface area contributed by atoms with E-state index in [1.807, 2.05) is 48.5 Å². The van der Waals surface area contributed by atoms with Crippen molar-refractivity contribution in [2.45, 2.75) is 38.6 Å². The van der Waals surface area contributed by atoms with Gasteiger partial charge in [-0.1, -0.05) is 44.2 Å². The SMILES string of the molecule is CCN(CC)C(C(=O)Nc1ccc2oc(C3CC3)nc2c1)c1ccccc1. The number of fused-ring (bicyclic) bond motifs is 1. The van der Waals surface area contributed by atoms with Crippen LogP contribution in [0, 0.1) is 0 Å². The summed E-state index contributed by atoms with van der Waals surface area (Å²) in [6, 6.07) is 15.3. The lowest BCUT2D eigenvalue weighted by molar-refractivity contribution is -0.121. The molecule has 5 nitrogen and oxygen atoms in total. The Labute approximate surface area is 159 Å². The average Bonchev–Trinajstić information content (AvgIpc) is 3.46. The monoisotopic (exact) mass is 363 g/mol. The number of nitrogens with one attached hydrogen (secondary N) is 1. The molecule has 1 amide bonds. The number of likely N-dealkylation sites (N-methyl/N-ethyl adjacent to an activating group) is 1. The maximum atomic E-state index is 13.1. The fourth-order valence-electron chi connectivity index (χ4n) is 3.49. The summed E-state index contributed by atoms with van der Waals surface area (Å²) in [5.41, 5.74) is 3.32. The highest BCUT2D eigenvalue weighted by Crippen LogP contribution is 2.40. The zero-order chi connectivity index (χ0) is 18.8. The summed E-state index contributed by atoms with van der Waals surface area (Å²) in [4.78, 5) is 19.9. The molecule has 27 heavy (non-hydrogen) atoms. The number of anilines is 1. The summed E-state index contributed by atoms with van der Waals surface area (Å²) in [6.07, 6.45) is 2.30. The summed E-state index contributed by atoms with van der Waals surface area (Å²) >= 11 is 0. The van der Waals surface area contributed by atoms with Crippen molar-refractivity contribution in [2.75, 3.05) is 18.4 Å². The van der Waals surface area contributed by atoms with Gasteiger partial charge in [-0.05, 0) is 49.7 Å². The topological polar surface area (TPSA) is 58.4 Å². The maximum Gasteiger partial charge on any atom is 0.246 e. The molecule has 0 saturated heterocycles. The minimum atomic E-state index is -0.323. The number of hydrogen-bond acceptors (Lipinski definition) is 4. The molecule has 0 aliphatic heterocycles. The molecule has 0 spiro atoms. The second-order valence-electron chi connectivity index (χ2n) is 7.03. The third-order valence-corrected chi connectivity index (χ3v) is 5.14. The number of benzene rings is 2. The van der Waals surface area contributed by atoms with Gasteiger partial charge in [0.1, 0.15) is 11.6 Å². The quantitative estimate of drug-likeness (QED) is 0.659. The Hall–Kier alpha value is -2.66. The van der Waals surface area contributed by atoms with E-state index in [4.69, 9.17) is 4.42 Å². The third kappa shape index (κ3) is 3.74. The average molecular weight is 363 g/mol. The van der Waals surface area contributed by atoms with Gasteiger partial charge in [0.05, 0.1) is 0 Å². The van der Waals surface area contributed by atoms with Crippen LogP contribution in [0.15, 0.2) is 52.9 Å². The number of rotatable bonds is 7. The number of carbonyl (C=O) groups excluding carboxylic acids is 1. The minimum Gasteiger partial charge on any atom is -0.440 e. The molecule has 1 heterocycles. The first-order valence-electron chi connectivity index (χ1n) is 9.70. The number of oxazole rings is 1. The van der Waals surface area contributed by atoms with E-state index < -0.39 is 0 Å². The summed E-state index contributed by atoms with van der Waals surface area (Å²) in [7, 11) is 0. The Morgan fingerprint density at radius 3 is 2.59 bits per heavy atom. The van der Waals surface area contributed by atoms with Gasteiger partial charge in [-0.15, -0.1) is 0 Å². The van der Waals surface area contributed by atoms with Crippen molar-refractivity contribution in [3.05, 3.63) is 60.0 Å². The van der Waals surface area contributed by atoms with Gasteiger partial charge >= 0.3 is 0 Å². The highest BCUT2D eigenvalue weighted by Gasteiger charge is 2.29. The summed E-state index contributed by atoms with van der Waals surface area (Å²) in [6.45, 7) is 5.76. The van der Waals surface area contributed by atoms with Crippen LogP contribution >= 0.6 is 0 Å². The maximum absolute atomic E-state index is 13.1. The number of nitrogens with zero attached hydrogens (tertiary/aromatic N) is 2. The molecular formula is C22H25N3O2. The Morgan fingerprint density at radius 1 is 1.19 bits per heavy atom. The van der Waals surface area contributed by atoms with E-state index in [0.717, 1.165) is 54.2 Å². The van der Waals surface area contributed by atoms with Crippen LogP contribution in [0.2, 0.25) is 0 Å². The van der Waals surface area contributed by atoms with E-state index in [9.17, 15) is 4.79 Å². The Bertz CT molecular complexity index is 927. The number of aromatic nitrogens is 1. The second-order valence-corrected chi connectivity index (χ2v) is 7.03. The van der Waals surface area contributed by atoms with E-state index in [-0.39, 0.29) is 11.9 Å². The van der Waals surface area contributed by atoms with Crippen molar-refractivity contribution in [3.8, 4) is 0 Å². The molecule has 1 unspecified atom stereocenters. The Morgan fingerprint density at radius 2 is 1.93 bits per heavy atom. The van der Waals surface area contributed by atoms with Crippen molar-refractivity contribution in [3.63, 3.8) is 0 Å². The van der Waals surface area contributed by atoms with Gasteiger partial charge in [0.15, 0.2) is 11.5 Å². The van der Waals surface area contributed by atoms with Crippen molar-refractivity contribution in [2.24, 2.45) is 0 Å². The van der Waals surface area contributed by atoms with E-state index in [1.54, 1.807) is 0 Å². The van der Waals surface area contributed by atoms with Crippen LogP contribution in [0.4, 0.5) is 5.69 Å². The van der Waals surface area contributed by atoms with Crippen molar-refractivity contribution in [1.29, 1.82) is 0 Å². The summed E-state index contributed by atoms with van der Waals surface area (Å²) in [5.74, 6) is 1.26. The number of amides is 1. The lowest BCUT2D eigenvalue weighted by atomic mass is 10.0. The van der Waals surface area contributed by atoms with Crippen LogP contribution in [0.5, 0.6) is 0 Å². The highest BCUT2D eigenvalue weighted by atomic mass is 16.3. The summed E-state index contributed by atoms with van der Waals surface area (Å²) < 4.78 is 5.81. The van der Waals surface area contributed by atoms with E-state index >= 15 is 0 Å².